The Bertz CT molecular complexity index is 372. The van der Waals surface area contributed by atoms with Crippen LogP contribution in [0, 0.1) is 13.8 Å². The smallest absolute Gasteiger partial charge is 0.142 e. The van der Waals surface area contributed by atoms with Crippen LogP contribution in [0.4, 0.5) is 5.69 Å². The van der Waals surface area contributed by atoms with Crippen LogP contribution in [0.25, 0.3) is 0 Å². The van der Waals surface area contributed by atoms with Gasteiger partial charge in [-0.1, -0.05) is 0 Å². The van der Waals surface area contributed by atoms with Crippen molar-refractivity contribution in [2.75, 3.05) is 19.0 Å². The van der Waals surface area contributed by atoms with Crippen LogP contribution in [0.1, 0.15) is 25.0 Å². The fourth-order valence-corrected chi connectivity index (χ4v) is 1.47. The fourth-order valence-electron chi connectivity index (χ4n) is 1.47. The van der Waals surface area contributed by atoms with E-state index in [1.54, 1.807) is 7.11 Å². The molecule has 0 spiro atoms. The predicted octanol–water partition coefficient (Wildman–Crippen LogP) is 2.46. The van der Waals surface area contributed by atoms with Crippen LogP contribution in [0.3, 0.4) is 0 Å². The Balaban J connectivity index is 3.08. The Kier molecular flexibility index (Phi) is 3.81. The van der Waals surface area contributed by atoms with Crippen molar-refractivity contribution in [3.63, 3.8) is 0 Å². The maximum absolute atomic E-state index is 5.71. The van der Waals surface area contributed by atoms with Gasteiger partial charge in [0.15, 0.2) is 0 Å². The van der Waals surface area contributed by atoms with Gasteiger partial charge in [-0.3, -0.25) is 0 Å². The minimum Gasteiger partial charge on any atom is -0.495 e. The highest BCUT2D eigenvalue weighted by atomic mass is 16.5. The number of nitrogens with two attached hydrogens (primary N) is 1. The van der Waals surface area contributed by atoms with Gasteiger partial charge in [0.05, 0.1) is 12.8 Å². The number of aryl methyl sites for hydroxylation is 2. The van der Waals surface area contributed by atoms with Crippen molar-refractivity contribution < 1.29 is 4.74 Å². The van der Waals surface area contributed by atoms with Gasteiger partial charge in [0, 0.05) is 12.1 Å². The van der Waals surface area contributed by atoms with E-state index in [0.717, 1.165) is 11.4 Å². The van der Waals surface area contributed by atoms with E-state index in [1.807, 2.05) is 6.07 Å². The summed E-state index contributed by atoms with van der Waals surface area (Å²) in [6.07, 6.45) is 0. The molecule has 90 valence electrons. The lowest BCUT2D eigenvalue weighted by atomic mass is 10.0. The molecule has 0 saturated heterocycles. The minimum absolute atomic E-state index is 0.130. The molecular formula is C13H22N2O. The first-order chi connectivity index (χ1) is 7.39. The van der Waals surface area contributed by atoms with E-state index in [2.05, 4.69) is 39.1 Å². The number of rotatable bonds is 4. The Morgan fingerprint density at radius 2 is 1.81 bits per heavy atom. The topological polar surface area (TPSA) is 47.3 Å². The number of benzene rings is 1. The van der Waals surface area contributed by atoms with E-state index in [4.69, 9.17) is 10.5 Å². The van der Waals surface area contributed by atoms with Crippen LogP contribution < -0.4 is 15.8 Å². The molecule has 3 heteroatoms. The van der Waals surface area contributed by atoms with Crippen molar-refractivity contribution in [3.8, 4) is 5.75 Å². The number of ether oxygens (including phenoxy) is 1. The molecule has 1 aromatic rings. The zero-order valence-electron chi connectivity index (χ0n) is 10.8. The highest BCUT2D eigenvalue weighted by Gasteiger charge is 2.17. The first-order valence-corrected chi connectivity index (χ1v) is 5.53. The molecule has 0 aromatic heterocycles. The molecule has 3 nitrogen and oxygen atoms in total. The maximum Gasteiger partial charge on any atom is 0.142 e. The average Bonchev–Trinajstić information content (AvgIpc) is 2.22. The molecule has 3 N–H and O–H groups in total. The van der Waals surface area contributed by atoms with E-state index >= 15 is 0 Å². The third kappa shape index (κ3) is 2.89. The largest absolute Gasteiger partial charge is 0.495 e. The summed E-state index contributed by atoms with van der Waals surface area (Å²) < 4.78 is 5.37. The summed E-state index contributed by atoms with van der Waals surface area (Å²) in [5.74, 6) is 0.865. The minimum atomic E-state index is -0.130. The molecule has 0 amide bonds. The summed E-state index contributed by atoms with van der Waals surface area (Å²) in [5, 5.41) is 3.41. The van der Waals surface area contributed by atoms with Crippen LogP contribution >= 0.6 is 0 Å². The molecule has 0 bridgehead atoms. The first-order valence-electron chi connectivity index (χ1n) is 5.53. The third-order valence-corrected chi connectivity index (χ3v) is 2.80. The van der Waals surface area contributed by atoms with E-state index in [0.29, 0.717) is 6.54 Å². The molecule has 1 aromatic carbocycles. The van der Waals surface area contributed by atoms with Crippen molar-refractivity contribution in [1.29, 1.82) is 0 Å². The molecule has 0 radical (unpaired) electrons. The van der Waals surface area contributed by atoms with Crippen LogP contribution in [-0.4, -0.2) is 19.2 Å². The summed E-state index contributed by atoms with van der Waals surface area (Å²) in [6.45, 7) is 8.89. The van der Waals surface area contributed by atoms with E-state index in [9.17, 15) is 0 Å². The van der Waals surface area contributed by atoms with Crippen molar-refractivity contribution in [2.24, 2.45) is 5.73 Å². The van der Waals surface area contributed by atoms with Gasteiger partial charge in [0.2, 0.25) is 0 Å². The Hall–Kier alpha value is -1.22. The highest BCUT2D eigenvalue weighted by Crippen LogP contribution is 2.29. The Morgan fingerprint density at radius 1 is 1.25 bits per heavy atom. The van der Waals surface area contributed by atoms with Crippen molar-refractivity contribution in [2.45, 2.75) is 33.2 Å². The SMILES string of the molecule is COc1cc(C)c(C)cc1NC(C)(C)CN. The lowest BCUT2D eigenvalue weighted by Gasteiger charge is -2.27. The van der Waals surface area contributed by atoms with Gasteiger partial charge in [-0.2, -0.15) is 0 Å². The van der Waals surface area contributed by atoms with E-state index in [-0.39, 0.29) is 5.54 Å². The van der Waals surface area contributed by atoms with Gasteiger partial charge in [-0.15, -0.1) is 0 Å². The number of hydrogen-bond donors (Lipinski definition) is 2. The molecular weight excluding hydrogens is 200 g/mol. The summed E-state index contributed by atoms with van der Waals surface area (Å²) in [6, 6.07) is 4.15. The Morgan fingerprint density at radius 3 is 2.31 bits per heavy atom. The normalized spacial score (nSPS) is 11.4. The van der Waals surface area contributed by atoms with Crippen LogP contribution in [0.5, 0.6) is 5.75 Å². The average molecular weight is 222 g/mol. The predicted molar refractivity (Wildman–Crippen MR) is 69.2 cm³/mol. The number of nitrogens with one attached hydrogen (secondary N) is 1. The second-order valence-electron chi connectivity index (χ2n) is 4.85. The summed E-state index contributed by atoms with van der Waals surface area (Å²) in [5.41, 5.74) is 9.06. The fraction of sp³-hybridized carbons (Fsp3) is 0.538. The van der Waals surface area contributed by atoms with Crippen molar-refractivity contribution in [1.82, 2.24) is 0 Å². The first kappa shape index (κ1) is 12.8. The lowest BCUT2D eigenvalue weighted by Crippen LogP contribution is -2.39. The molecule has 0 aliphatic heterocycles. The van der Waals surface area contributed by atoms with Gasteiger partial charge in [-0.05, 0) is 51.0 Å². The monoisotopic (exact) mass is 222 g/mol. The molecule has 0 aliphatic carbocycles. The number of methoxy groups -OCH3 is 1. The lowest BCUT2D eigenvalue weighted by molar-refractivity contribution is 0.414. The van der Waals surface area contributed by atoms with Gasteiger partial charge < -0.3 is 15.8 Å². The molecule has 0 atom stereocenters. The van der Waals surface area contributed by atoms with Crippen molar-refractivity contribution in [3.05, 3.63) is 23.3 Å². The van der Waals surface area contributed by atoms with Gasteiger partial charge in [0.1, 0.15) is 5.75 Å². The second-order valence-corrected chi connectivity index (χ2v) is 4.85. The van der Waals surface area contributed by atoms with Crippen LogP contribution in [0.15, 0.2) is 12.1 Å². The number of anilines is 1. The summed E-state index contributed by atoms with van der Waals surface area (Å²) in [7, 11) is 1.69. The molecule has 0 heterocycles. The molecule has 0 aliphatic rings. The number of hydrogen-bond acceptors (Lipinski definition) is 3. The molecule has 1 rings (SSSR count). The van der Waals surface area contributed by atoms with Crippen LogP contribution in [0.2, 0.25) is 0 Å². The zero-order chi connectivity index (χ0) is 12.3. The van der Waals surface area contributed by atoms with Gasteiger partial charge in [-0.25, -0.2) is 0 Å². The highest BCUT2D eigenvalue weighted by molar-refractivity contribution is 5.61. The van der Waals surface area contributed by atoms with E-state index in [1.165, 1.54) is 11.1 Å². The summed E-state index contributed by atoms with van der Waals surface area (Å²) in [4.78, 5) is 0. The van der Waals surface area contributed by atoms with E-state index < -0.39 is 0 Å². The molecule has 16 heavy (non-hydrogen) atoms. The maximum atomic E-state index is 5.71. The van der Waals surface area contributed by atoms with Gasteiger partial charge >= 0.3 is 0 Å². The standard InChI is InChI=1S/C13H22N2O/c1-9-6-11(15-13(3,4)8-14)12(16-5)7-10(9)2/h6-7,15H,8,14H2,1-5H3. The van der Waals surface area contributed by atoms with Crippen LogP contribution in [-0.2, 0) is 0 Å². The third-order valence-electron chi connectivity index (χ3n) is 2.80. The molecule has 0 fully saturated rings. The quantitative estimate of drug-likeness (QED) is 0.822. The Labute approximate surface area is 98.0 Å². The summed E-state index contributed by atoms with van der Waals surface area (Å²) >= 11 is 0. The van der Waals surface area contributed by atoms with Crippen molar-refractivity contribution >= 4 is 5.69 Å². The molecule has 0 saturated carbocycles. The second kappa shape index (κ2) is 4.74. The molecule has 0 unspecified atom stereocenters. The van der Waals surface area contributed by atoms with Gasteiger partial charge in [0.25, 0.3) is 0 Å². The zero-order valence-corrected chi connectivity index (χ0v) is 10.8.